The van der Waals surface area contributed by atoms with Gasteiger partial charge in [0.15, 0.2) is 9.84 Å². The third kappa shape index (κ3) is 2.58. The van der Waals surface area contributed by atoms with Gasteiger partial charge in [-0.3, -0.25) is 4.90 Å². The monoisotopic (exact) mass is 266 g/mol. The summed E-state index contributed by atoms with van der Waals surface area (Å²) in [6.07, 6.45) is 0. The summed E-state index contributed by atoms with van der Waals surface area (Å²) in [4.78, 5) is 2.23. The van der Waals surface area contributed by atoms with Crippen LogP contribution in [0.3, 0.4) is 0 Å². The predicted molar refractivity (Wildman–Crippen MR) is 70.9 cm³/mol. The summed E-state index contributed by atoms with van der Waals surface area (Å²) in [5, 5.41) is 3.34. The number of rotatable bonds is 2. The van der Waals surface area contributed by atoms with E-state index in [9.17, 15) is 8.42 Å². The number of hydrogen-bond donors (Lipinski definition) is 1. The van der Waals surface area contributed by atoms with E-state index in [1.54, 1.807) is 0 Å². The van der Waals surface area contributed by atoms with Gasteiger partial charge in [-0.2, -0.15) is 0 Å². The molecular weight excluding hydrogens is 248 g/mol. The summed E-state index contributed by atoms with van der Waals surface area (Å²) in [6.45, 7) is 4.12. The van der Waals surface area contributed by atoms with Crippen LogP contribution in [-0.4, -0.2) is 37.9 Å². The Morgan fingerprint density at radius 1 is 1.11 bits per heavy atom. The SMILES string of the molecule is O=S1(=O)CCN(Cc2ccc3c(c2)CNC3)CC1. The largest absolute Gasteiger partial charge is 0.309 e. The molecule has 18 heavy (non-hydrogen) atoms. The normalized spacial score (nSPS) is 22.9. The second kappa shape index (κ2) is 4.64. The van der Waals surface area contributed by atoms with Crippen molar-refractivity contribution < 1.29 is 8.42 Å². The van der Waals surface area contributed by atoms with Gasteiger partial charge in [0.25, 0.3) is 0 Å². The Morgan fingerprint density at radius 2 is 1.83 bits per heavy atom. The van der Waals surface area contributed by atoms with E-state index >= 15 is 0 Å². The van der Waals surface area contributed by atoms with Crippen LogP contribution in [0.2, 0.25) is 0 Å². The highest BCUT2D eigenvalue weighted by Crippen LogP contribution is 2.18. The Labute approximate surface area is 108 Å². The van der Waals surface area contributed by atoms with Crippen LogP contribution in [-0.2, 0) is 29.5 Å². The van der Waals surface area contributed by atoms with Crippen LogP contribution in [0.1, 0.15) is 16.7 Å². The van der Waals surface area contributed by atoms with Gasteiger partial charge in [0, 0.05) is 32.7 Å². The highest BCUT2D eigenvalue weighted by molar-refractivity contribution is 7.91. The van der Waals surface area contributed by atoms with Crippen molar-refractivity contribution in [2.75, 3.05) is 24.6 Å². The smallest absolute Gasteiger partial charge is 0.152 e. The van der Waals surface area contributed by atoms with E-state index < -0.39 is 9.84 Å². The lowest BCUT2D eigenvalue weighted by molar-refractivity contribution is 0.287. The van der Waals surface area contributed by atoms with Gasteiger partial charge < -0.3 is 5.32 Å². The number of hydrogen-bond acceptors (Lipinski definition) is 4. The summed E-state index contributed by atoms with van der Waals surface area (Å²) in [7, 11) is -2.77. The second-order valence-corrected chi connectivity index (χ2v) is 7.44. The third-order valence-electron chi connectivity index (χ3n) is 3.74. The van der Waals surface area contributed by atoms with Crippen molar-refractivity contribution in [2.45, 2.75) is 19.6 Å². The first-order valence-electron chi connectivity index (χ1n) is 6.37. The molecule has 0 amide bonds. The van der Waals surface area contributed by atoms with Gasteiger partial charge in [-0.05, 0) is 16.7 Å². The summed E-state index contributed by atoms with van der Waals surface area (Å²) < 4.78 is 22.7. The first kappa shape index (κ1) is 12.1. The van der Waals surface area contributed by atoms with E-state index in [4.69, 9.17) is 0 Å². The highest BCUT2D eigenvalue weighted by atomic mass is 32.2. The molecule has 1 saturated heterocycles. The molecule has 2 aliphatic rings. The lowest BCUT2D eigenvalue weighted by atomic mass is 10.1. The molecule has 0 radical (unpaired) electrons. The zero-order chi connectivity index (χ0) is 12.6. The van der Waals surface area contributed by atoms with Gasteiger partial charge in [0.2, 0.25) is 0 Å². The minimum Gasteiger partial charge on any atom is -0.309 e. The van der Waals surface area contributed by atoms with E-state index in [1.165, 1.54) is 16.7 Å². The molecule has 2 heterocycles. The number of sulfone groups is 1. The fourth-order valence-electron chi connectivity index (χ4n) is 2.61. The molecule has 98 valence electrons. The lowest BCUT2D eigenvalue weighted by Gasteiger charge is -2.26. The molecule has 2 aliphatic heterocycles. The average Bonchev–Trinajstić information content (AvgIpc) is 2.79. The fourth-order valence-corrected chi connectivity index (χ4v) is 3.89. The molecule has 1 aromatic carbocycles. The van der Waals surface area contributed by atoms with Crippen LogP contribution in [0.5, 0.6) is 0 Å². The van der Waals surface area contributed by atoms with Gasteiger partial charge in [-0.15, -0.1) is 0 Å². The van der Waals surface area contributed by atoms with Gasteiger partial charge in [-0.1, -0.05) is 18.2 Å². The predicted octanol–water partition coefficient (Wildman–Crippen LogP) is 0.520. The van der Waals surface area contributed by atoms with E-state index in [0.29, 0.717) is 24.6 Å². The van der Waals surface area contributed by atoms with Crippen LogP contribution in [0.15, 0.2) is 18.2 Å². The lowest BCUT2D eigenvalue weighted by Crippen LogP contribution is -2.39. The molecular formula is C13H18N2O2S. The molecule has 0 aliphatic carbocycles. The standard InChI is InChI=1S/C13H18N2O2S/c16-18(17)5-3-15(4-6-18)10-11-1-2-12-8-14-9-13(12)7-11/h1-2,7,14H,3-6,8-10H2. The maximum atomic E-state index is 11.4. The molecule has 1 aromatic rings. The summed E-state index contributed by atoms with van der Waals surface area (Å²) >= 11 is 0. The van der Waals surface area contributed by atoms with Crippen molar-refractivity contribution >= 4 is 9.84 Å². The first-order valence-corrected chi connectivity index (χ1v) is 8.19. The van der Waals surface area contributed by atoms with Crippen LogP contribution >= 0.6 is 0 Å². The summed E-state index contributed by atoms with van der Waals surface area (Å²) in [5.41, 5.74) is 4.06. The zero-order valence-electron chi connectivity index (χ0n) is 10.4. The first-order chi connectivity index (χ1) is 8.62. The van der Waals surface area contributed by atoms with Crippen molar-refractivity contribution in [1.29, 1.82) is 0 Å². The van der Waals surface area contributed by atoms with Crippen molar-refractivity contribution in [1.82, 2.24) is 10.2 Å². The Kier molecular flexibility index (Phi) is 3.13. The molecule has 4 nitrogen and oxygen atoms in total. The van der Waals surface area contributed by atoms with Crippen LogP contribution < -0.4 is 5.32 Å². The average molecular weight is 266 g/mol. The summed E-state index contributed by atoms with van der Waals surface area (Å²) in [6, 6.07) is 6.60. The molecule has 5 heteroatoms. The Hall–Kier alpha value is -0.910. The number of nitrogens with one attached hydrogen (secondary N) is 1. The molecule has 0 atom stereocenters. The number of nitrogens with zero attached hydrogens (tertiary/aromatic N) is 1. The van der Waals surface area contributed by atoms with E-state index in [0.717, 1.165) is 19.6 Å². The van der Waals surface area contributed by atoms with Gasteiger partial charge in [0.1, 0.15) is 0 Å². The van der Waals surface area contributed by atoms with Crippen LogP contribution in [0, 0.1) is 0 Å². The third-order valence-corrected chi connectivity index (χ3v) is 5.35. The van der Waals surface area contributed by atoms with Gasteiger partial charge in [0.05, 0.1) is 11.5 Å². The van der Waals surface area contributed by atoms with Gasteiger partial charge in [-0.25, -0.2) is 8.42 Å². The zero-order valence-corrected chi connectivity index (χ0v) is 11.2. The fraction of sp³-hybridized carbons (Fsp3) is 0.538. The van der Waals surface area contributed by atoms with Crippen LogP contribution in [0.25, 0.3) is 0 Å². The Balaban J connectivity index is 1.67. The Bertz CT molecular complexity index is 540. The Morgan fingerprint density at radius 3 is 2.61 bits per heavy atom. The molecule has 0 spiro atoms. The minimum atomic E-state index is -2.77. The second-order valence-electron chi connectivity index (χ2n) is 5.13. The molecule has 0 bridgehead atoms. The van der Waals surface area contributed by atoms with Crippen molar-refractivity contribution in [3.63, 3.8) is 0 Å². The molecule has 0 saturated carbocycles. The minimum absolute atomic E-state index is 0.305. The maximum Gasteiger partial charge on any atom is 0.152 e. The molecule has 1 fully saturated rings. The van der Waals surface area contributed by atoms with Crippen molar-refractivity contribution in [2.24, 2.45) is 0 Å². The maximum absolute atomic E-state index is 11.4. The van der Waals surface area contributed by atoms with E-state index in [1.807, 2.05) is 0 Å². The van der Waals surface area contributed by atoms with Crippen molar-refractivity contribution in [3.05, 3.63) is 34.9 Å². The van der Waals surface area contributed by atoms with E-state index in [-0.39, 0.29) is 0 Å². The molecule has 3 rings (SSSR count). The van der Waals surface area contributed by atoms with Crippen LogP contribution in [0.4, 0.5) is 0 Å². The topological polar surface area (TPSA) is 49.4 Å². The van der Waals surface area contributed by atoms with Crippen molar-refractivity contribution in [3.8, 4) is 0 Å². The molecule has 0 unspecified atom stereocenters. The molecule has 1 N–H and O–H groups in total. The number of fused-ring (bicyclic) bond motifs is 1. The van der Waals surface area contributed by atoms with Gasteiger partial charge >= 0.3 is 0 Å². The quantitative estimate of drug-likeness (QED) is 0.848. The highest BCUT2D eigenvalue weighted by Gasteiger charge is 2.21. The summed E-state index contributed by atoms with van der Waals surface area (Å²) in [5.74, 6) is 0.610. The number of benzene rings is 1. The molecule has 0 aromatic heterocycles. The van der Waals surface area contributed by atoms with E-state index in [2.05, 4.69) is 28.4 Å².